The van der Waals surface area contributed by atoms with E-state index in [9.17, 15) is 13.2 Å². The standard InChI is InChI=1S/C20H31BrN2O5S/c1-22(14-6-15-24)19(25)11-16-28-20(12-4-3-5-13-20)23(2)29(26,27)18-9-7-17(21)8-10-18/h7-10,24H,3-6,11-16H2,1-2H3. The summed E-state index contributed by atoms with van der Waals surface area (Å²) >= 11 is 3.33. The van der Waals surface area contributed by atoms with E-state index in [1.165, 1.54) is 4.31 Å². The van der Waals surface area contributed by atoms with Gasteiger partial charge in [0, 0.05) is 31.7 Å². The van der Waals surface area contributed by atoms with Gasteiger partial charge in [-0.1, -0.05) is 22.4 Å². The lowest BCUT2D eigenvalue weighted by atomic mass is 9.91. The summed E-state index contributed by atoms with van der Waals surface area (Å²) in [7, 11) is -0.468. The number of hydrogen-bond donors (Lipinski definition) is 1. The molecule has 7 nitrogen and oxygen atoms in total. The maximum absolute atomic E-state index is 13.2. The summed E-state index contributed by atoms with van der Waals surface area (Å²) < 4.78 is 34.7. The number of carbonyl (C=O) groups is 1. The Kier molecular flexibility index (Phi) is 9.09. The molecule has 1 aromatic rings. The number of ether oxygens (including phenoxy) is 1. The molecule has 164 valence electrons. The van der Waals surface area contributed by atoms with E-state index in [-0.39, 0.29) is 30.4 Å². The third kappa shape index (κ3) is 6.24. The molecule has 0 atom stereocenters. The van der Waals surface area contributed by atoms with Crippen molar-refractivity contribution < 1.29 is 23.1 Å². The highest BCUT2D eigenvalue weighted by molar-refractivity contribution is 9.10. The van der Waals surface area contributed by atoms with E-state index in [4.69, 9.17) is 9.84 Å². The Bertz CT molecular complexity index is 764. The lowest BCUT2D eigenvalue weighted by molar-refractivity contribution is -0.146. The van der Waals surface area contributed by atoms with Crippen LogP contribution in [-0.4, -0.2) is 68.2 Å². The van der Waals surface area contributed by atoms with Crippen LogP contribution >= 0.6 is 15.9 Å². The van der Waals surface area contributed by atoms with E-state index < -0.39 is 15.7 Å². The number of nitrogens with zero attached hydrogens (tertiary/aromatic N) is 2. The Labute approximate surface area is 182 Å². The molecule has 0 unspecified atom stereocenters. The molecule has 1 saturated carbocycles. The number of sulfonamides is 1. The van der Waals surface area contributed by atoms with Crippen LogP contribution in [0, 0.1) is 0 Å². The number of hydrogen-bond acceptors (Lipinski definition) is 5. The molecule has 0 saturated heterocycles. The average molecular weight is 491 g/mol. The second-order valence-electron chi connectivity index (χ2n) is 7.42. The van der Waals surface area contributed by atoms with Gasteiger partial charge in [0.1, 0.15) is 5.72 Å². The summed E-state index contributed by atoms with van der Waals surface area (Å²) in [5, 5.41) is 8.90. The van der Waals surface area contributed by atoms with Crippen LogP contribution in [0.15, 0.2) is 33.6 Å². The zero-order valence-corrected chi connectivity index (χ0v) is 19.5. The van der Waals surface area contributed by atoms with Crippen LogP contribution in [0.1, 0.15) is 44.9 Å². The second kappa shape index (κ2) is 10.9. The van der Waals surface area contributed by atoms with Gasteiger partial charge in [-0.3, -0.25) is 4.79 Å². The molecule has 0 heterocycles. The molecule has 0 aromatic heterocycles. The molecule has 2 rings (SSSR count). The lowest BCUT2D eigenvalue weighted by Crippen LogP contribution is -2.53. The molecular formula is C20H31BrN2O5S. The maximum Gasteiger partial charge on any atom is 0.245 e. The molecule has 1 fully saturated rings. The van der Waals surface area contributed by atoms with Gasteiger partial charge >= 0.3 is 0 Å². The van der Waals surface area contributed by atoms with Crippen molar-refractivity contribution in [2.45, 2.75) is 55.6 Å². The van der Waals surface area contributed by atoms with Crippen LogP contribution in [0.2, 0.25) is 0 Å². The van der Waals surface area contributed by atoms with E-state index >= 15 is 0 Å². The first kappa shape index (κ1) is 24.3. The van der Waals surface area contributed by atoms with Crippen LogP contribution in [0.25, 0.3) is 0 Å². The zero-order valence-electron chi connectivity index (χ0n) is 17.1. The van der Waals surface area contributed by atoms with E-state index in [0.717, 1.165) is 23.7 Å². The molecule has 1 aliphatic rings. The lowest BCUT2D eigenvalue weighted by Gasteiger charge is -2.43. The van der Waals surface area contributed by atoms with Gasteiger partial charge in [0.05, 0.1) is 17.9 Å². The molecule has 0 bridgehead atoms. The van der Waals surface area contributed by atoms with Crippen molar-refractivity contribution >= 4 is 31.9 Å². The summed E-state index contributed by atoms with van der Waals surface area (Å²) in [5.74, 6) is -0.0807. The first-order valence-electron chi connectivity index (χ1n) is 9.96. The number of benzene rings is 1. The highest BCUT2D eigenvalue weighted by Gasteiger charge is 2.43. The molecular weight excluding hydrogens is 460 g/mol. The first-order chi connectivity index (χ1) is 13.7. The van der Waals surface area contributed by atoms with Crippen molar-refractivity contribution in [1.82, 2.24) is 9.21 Å². The number of halogens is 1. The molecule has 0 spiro atoms. The van der Waals surface area contributed by atoms with Gasteiger partial charge in [-0.2, -0.15) is 4.31 Å². The van der Waals surface area contributed by atoms with E-state index in [1.807, 2.05) is 0 Å². The van der Waals surface area contributed by atoms with Crippen molar-refractivity contribution in [1.29, 1.82) is 0 Å². The fraction of sp³-hybridized carbons (Fsp3) is 0.650. The van der Waals surface area contributed by atoms with Crippen molar-refractivity contribution in [3.05, 3.63) is 28.7 Å². The van der Waals surface area contributed by atoms with Crippen LogP contribution in [0.5, 0.6) is 0 Å². The van der Waals surface area contributed by atoms with Crippen LogP contribution in [-0.2, 0) is 19.6 Å². The number of aliphatic hydroxyl groups is 1. The topological polar surface area (TPSA) is 87.2 Å². The maximum atomic E-state index is 13.2. The predicted octanol–water partition coefficient (Wildman–Crippen LogP) is 2.98. The largest absolute Gasteiger partial charge is 0.396 e. The van der Waals surface area contributed by atoms with Gasteiger partial charge in [-0.15, -0.1) is 0 Å². The number of amides is 1. The van der Waals surface area contributed by atoms with E-state index in [0.29, 0.717) is 25.8 Å². The van der Waals surface area contributed by atoms with E-state index in [1.54, 1.807) is 43.3 Å². The Balaban J connectivity index is 2.10. The summed E-state index contributed by atoms with van der Waals surface area (Å²) in [5.41, 5.74) is -0.936. The van der Waals surface area contributed by atoms with Gasteiger partial charge in [0.15, 0.2) is 0 Å². The molecule has 1 aromatic carbocycles. The van der Waals surface area contributed by atoms with Crippen LogP contribution in [0.3, 0.4) is 0 Å². The van der Waals surface area contributed by atoms with Gasteiger partial charge in [-0.25, -0.2) is 8.42 Å². The van der Waals surface area contributed by atoms with Crippen molar-refractivity contribution in [2.75, 3.05) is 33.9 Å². The monoisotopic (exact) mass is 490 g/mol. The van der Waals surface area contributed by atoms with Gasteiger partial charge in [-0.05, 0) is 56.4 Å². The molecule has 0 radical (unpaired) electrons. The molecule has 0 aliphatic heterocycles. The van der Waals surface area contributed by atoms with Gasteiger partial charge < -0.3 is 14.7 Å². The molecule has 1 N–H and O–H groups in total. The third-order valence-corrected chi connectivity index (χ3v) is 7.90. The second-order valence-corrected chi connectivity index (χ2v) is 10.3. The van der Waals surface area contributed by atoms with Gasteiger partial charge in [0.25, 0.3) is 0 Å². The van der Waals surface area contributed by atoms with Crippen molar-refractivity contribution in [3.8, 4) is 0 Å². The zero-order chi connectivity index (χ0) is 21.5. The minimum Gasteiger partial charge on any atom is -0.396 e. The minimum atomic E-state index is -3.73. The third-order valence-electron chi connectivity index (χ3n) is 5.44. The van der Waals surface area contributed by atoms with Crippen LogP contribution < -0.4 is 0 Å². The van der Waals surface area contributed by atoms with Crippen LogP contribution in [0.4, 0.5) is 0 Å². The smallest absolute Gasteiger partial charge is 0.245 e. The summed E-state index contributed by atoms with van der Waals surface area (Å²) in [6, 6.07) is 6.56. The Morgan fingerprint density at radius 2 is 1.79 bits per heavy atom. The number of rotatable bonds is 10. The Morgan fingerprint density at radius 1 is 1.17 bits per heavy atom. The highest BCUT2D eigenvalue weighted by atomic mass is 79.9. The van der Waals surface area contributed by atoms with Crippen molar-refractivity contribution in [3.63, 3.8) is 0 Å². The van der Waals surface area contributed by atoms with Crippen molar-refractivity contribution in [2.24, 2.45) is 0 Å². The SMILES string of the molecule is CN(CCCO)C(=O)CCOC1(N(C)S(=O)(=O)c2ccc(Br)cc2)CCCCC1. The summed E-state index contributed by atoms with van der Waals surface area (Å²) in [6.07, 6.45) is 4.72. The Hall–Kier alpha value is -1.00. The van der Waals surface area contributed by atoms with Gasteiger partial charge in [0.2, 0.25) is 15.9 Å². The minimum absolute atomic E-state index is 0.0376. The Morgan fingerprint density at radius 3 is 2.38 bits per heavy atom. The average Bonchev–Trinajstić information content (AvgIpc) is 2.72. The summed E-state index contributed by atoms with van der Waals surface area (Å²) in [6.45, 7) is 0.677. The number of carbonyl (C=O) groups excluding carboxylic acids is 1. The number of aliphatic hydroxyl groups excluding tert-OH is 1. The summed E-state index contributed by atoms with van der Waals surface area (Å²) in [4.78, 5) is 14.0. The quantitative estimate of drug-likeness (QED) is 0.509. The normalized spacial score (nSPS) is 16.7. The fourth-order valence-electron chi connectivity index (χ4n) is 3.59. The molecule has 1 amide bonds. The highest BCUT2D eigenvalue weighted by Crippen LogP contribution is 2.37. The molecule has 29 heavy (non-hydrogen) atoms. The first-order valence-corrected chi connectivity index (χ1v) is 12.2. The predicted molar refractivity (Wildman–Crippen MR) is 115 cm³/mol. The molecule has 1 aliphatic carbocycles. The molecule has 9 heteroatoms. The fourth-order valence-corrected chi connectivity index (χ4v) is 5.32. The van der Waals surface area contributed by atoms with E-state index in [2.05, 4.69) is 15.9 Å².